The van der Waals surface area contributed by atoms with Crippen LogP contribution in [0.5, 0.6) is 0 Å². The maximum absolute atomic E-state index is 13.1. The molecule has 2 aromatic carbocycles. The molecule has 20 heavy (non-hydrogen) atoms. The van der Waals surface area contributed by atoms with Crippen molar-refractivity contribution >= 4 is 17.4 Å². The zero-order valence-corrected chi connectivity index (χ0v) is 10.9. The summed E-state index contributed by atoms with van der Waals surface area (Å²) in [4.78, 5) is 12.2. The third kappa shape index (κ3) is 3.01. The third-order valence-corrected chi connectivity index (χ3v) is 2.96. The van der Waals surface area contributed by atoms with Crippen molar-refractivity contribution in [3.05, 3.63) is 70.2 Å². The van der Waals surface area contributed by atoms with Crippen LogP contribution >= 0.6 is 11.6 Å². The Morgan fingerprint density at radius 1 is 1.15 bits per heavy atom. The first-order valence-corrected chi connectivity index (χ1v) is 6.04. The molecule has 0 aliphatic heterocycles. The van der Waals surface area contributed by atoms with Crippen molar-refractivity contribution in [1.29, 1.82) is 5.26 Å². The molecule has 0 amide bonds. The highest BCUT2D eigenvalue weighted by atomic mass is 35.5. The van der Waals surface area contributed by atoms with Crippen LogP contribution in [0.4, 0.5) is 8.78 Å². The molecule has 1 atom stereocenters. The molecule has 0 spiro atoms. The number of nitriles is 1. The Bertz CT molecular complexity index is 689. The lowest BCUT2D eigenvalue weighted by atomic mass is 9.92. The van der Waals surface area contributed by atoms with Crippen LogP contribution in [-0.2, 0) is 0 Å². The Morgan fingerprint density at radius 3 is 2.35 bits per heavy atom. The number of nitrogens with zero attached hydrogens (tertiary/aromatic N) is 1. The average molecular weight is 292 g/mol. The Morgan fingerprint density at radius 2 is 1.80 bits per heavy atom. The second-order valence-corrected chi connectivity index (χ2v) is 4.58. The first-order chi connectivity index (χ1) is 9.51. The molecule has 0 aliphatic carbocycles. The molecular weight excluding hydrogens is 284 g/mol. The molecule has 0 aliphatic rings. The van der Waals surface area contributed by atoms with Crippen LogP contribution in [0.1, 0.15) is 21.8 Å². The van der Waals surface area contributed by atoms with Gasteiger partial charge >= 0.3 is 0 Å². The van der Waals surface area contributed by atoms with Gasteiger partial charge in [0.25, 0.3) is 0 Å². The number of hydrogen-bond donors (Lipinski definition) is 0. The molecule has 100 valence electrons. The minimum atomic E-state index is -1.16. The molecule has 0 bridgehead atoms. The van der Waals surface area contributed by atoms with Gasteiger partial charge in [-0.2, -0.15) is 5.26 Å². The molecule has 0 N–H and O–H groups in total. The summed E-state index contributed by atoms with van der Waals surface area (Å²) in [5.74, 6) is -3.56. The lowest BCUT2D eigenvalue weighted by Gasteiger charge is -2.09. The van der Waals surface area contributed by atoms with E-state index >= 15 is 0 Å². The molecule has 0 fully saturated rings. The summed E-state index contributed by atoms with van der Waals surface area (Å²) in [6.45, 7) is 0. The molecule has 2 aromatic rings. The van der Waals surface area contributed by atoms with Gasteiger partial charge in [-0.05, 0) is 29.8 Å². The maximum Gasteiger partial charge on any atom is 0.184 e. The zero-order valence-electron chi connectivity index (χ0n) is 10.1. The van der Waals surface area contributed by atoms with Gasteiger partial charge in [0, 0.05) is 16.7 Å². The van der Waals surface area contributed by atoms with Crippen molar-refractivity contribution in [2.24, 2.45) is 0 Å². The van der Waals surface area contributed by atoms with E-state index in [9.17, 15) is 13.6 Å². The van der Waals surface area contributed by atoms with E-state index in [0.29, 0.717) is 16.7 Å². The van der Waals surface area contributed by atoms with Crippen LogP contribution in [0.3, 0.4) is 0 Å². The summed E-state index contributed by atoms with van der Waals surface area (Å²) in [6, 6.07) is 10.5. The highest BCUT2D eigenvalue weighted by Gasteiger charge is 2.23. The minimum absolute atomic E-state index is 0.186. The summed E-state index contributed by atoms with van der Waals surface area (Å²) in [7, 11) is 0. The molecule has 2 nitrogen and oxygen atoms in total. The number of Topliss-reactive ketones (excluding diaryl/α,β-unsaturated/α-hetero) is 1. The highest BCUT2D eigenvalue weighted by Crippen LogP contribution is 2.24. The molecule has 0 saturated heterocycles. The molecule has 0 saturated carbocycles. The van der Waals surface area contributed by atoms with E-state index in [-0.39, 0.29) is 5.56 Å². The van der Waals surface area contributed by atoms with Gasteiger partial charge < -0.3 is 0 Å². The lowest BCUT2D eigenvalue weighted by molar-refractivity contribution is 0.0978. The predicted octanol–water partition coefficient (Wildman–Crippen LogP) is 4.11. The highest BCUT2D eigenvalue weighted by molar-refractivity contribution is 6.30. The second kappa shape index (κ2) is 5.81. The molecule has 1 unspecified atom stereocenters. The van der Waals surface area contributed by atoms with Crippen molar-refractivity contribution < 1.29 is 13.6 Å². The van der Waals surface area contributed by atoms with Gasteiger partial charge in [0.05, 0.1) is 6.07 Å². The molecular formula is C15H8ClF2NO. The summed E-state index contributed by atoms with van der Waals surface area (Å²) in [6.07, 6.45) is 0. The summed E-state index contributed by atoms with van der Waals surface area (Å²) in [5, 5.41) is 9.52. The Labute approximate surface area is 119 Å². The predicted molar refractivity (Wildman–Crippen MR) is 70.5 cm³/mol. The Hall–Kier alpha value is -2.25. The quantitative estimate of drug-likeness (QED) is 0.799. The Balaban J connectivity index is 2.42. The number of rotatable bonds is 3. The normalized spacial score (nSPS) is 11.7. The lowest BCUT2D eigenvalue weighted by Crippen LogP contribution is -2.12. The van der Waals surface area contributed by atoms with Crippen LogP contribution < -0.4 is 0 Å². The summed E-state index contributed by atoms with van der Waals surface area (Å²) in [5.41, 5.74) is 0.198. The topological polar surface area (TPSA) is 40.9 Å². The largest absolute Gasteiger partial charge is 0.292 e. The minimum Gasteiger partial charge on any atom is -0.292 e. The van der Waals surface area contributed by atoms with E-state index in [1.807, 2.05) is 6.07 Å². The van der Waals surface area contributed by atoms with E-state index in [0.717, 1.165) is 12.1 Å². The first kappa shape index (κ1) is 14.2. The van der Waals surface area contributed by atoms with Crippen molar-refractivity contribution in [3.8, 4) is 6.07 Å². The van der Waals surface area contributed by atoms with E-state index in [4.69, 9.17) is 16.9 Å². The van der Waals surface area contributed by atoms with Crippen molar-refractivity contribution in [2.45, 2.75) is 5.92 Å². The van der Waals surface area contributed by atoms with Crippen LogP contribution in [-0.4, -0.2) is 5.78 Å². The fraction of sp³-hybridized carbons (Fsp3) is 0.0667. The van der Waals surface area contributed by atoms with E-state index in [1.165, 1.54) is 6.07 Å². The zero-order chi connectivity index (χ0) is 14.7. The van der Waals surface area contributed by atoms with Gasteiger partial charge in [-0.3, -0.25) is 4.79 Å². The monoisotopic (exact) mass is 291 g/mol. The van der Waals surface area contributed by atoms with Gasteiger partial charge in [-0.15, -0.1) is 0 Å². The van der Waals surface area contributed by atoms with Crippen molar-refractivity contribution in [3.63, 3.8) is 0 Å². The smallest absolute Gasteiger partial charge is 0.184 e. The molecule has 0 radical (unpaired) electrons. The van der Waals surface area contributed by atoms with Crippen molar-refractivity contribution in [1.82, 2.24) is 0 Å². The van der Waals surface area contributed by atoms with Crippen LogP contribution in [0.15, 0.2) is 42.5 Å². The number of hydrogen-bond acceptors (Lipinski definition) is 2. The van der Waals surface area contributed by atoms with E-state index < -0.39 is 23.3 Å². The number of carbonyl (C=O) groups is 1. The fourth-order valence-corrected chi connectivity index (χ4v) is 2.03. The van der Waals surface area contributed by atoms with Gasteiger partial charge in [-0.1, -0.05) is 23.7 Å². The van der Waals surface area contributed by atoms with Crippen LogP contribution in [0.25, 0.3) is 0 Å². The van der Waals surface area contributed by atoms with Crippen LogP contribution in [0, 0.1) is 23.0 Å². The number of halogens is 3. The number of ketones is 1. The number of benzene rings is 2. The van der Waals surface area contributed by atoms with Crippen LogP contribution in [0.2, 0.25) is 5.02 Å². The average Bonchev–Trinajstić information content (AvgIpc) is 2.38. The van der Waals surface area contributed by atoms with Gasteiger partial charge in [0.2, 0.25) is 0 Å². The third-order valence-electron chi connectivity index (χ3n) is 2.72. The summed E-state index contributed by atoms with van der Waals surface area (Å²) >= 11 is 5.81. The molecule has 5 heteroatoms. The van der Waals surface area contributed by atoms with Gasteiger partial charge in [-0.25, -0.2) is 8.78 Å². The van der Waals surface area contributed by atoms with E-state index in [1.54, 1.807) is 18.2 Å². The van der Waals surface area contributed by atoms with Crippen molar-refractivity contribution in [2.75, 3.05) is 0 Å². The number of carbonyl (C=O) groups excluding carboxylic acids is 1. The summed E-state index contributed by atoms with van der Waals surface area (Å²) < 4.78 is 26.3. The SMILES string of the molecule is N#CC(C(=O)c1cc(F)cc(F)c1)c1cccc(Cl)c1. The van der Waals surface area contributed by atoms with Gasteiger partial charge in [0.15, 0.2) is 5.78 Å². The first-order valence-electron chi connectivity index (χ1n) is 5.66. The standard InChI is InChI=1S/C15H8ClF2NO/c16-11-3-1-2-9(4-11)14(8-19)15(20)10-5-12(17)7-13(18)6-10/h1-7,14H. The molecule has 0 heterocycles. The molecule has 0 aromatic heterocycles. The second-order valence-electron chi connectivity index (χ2n) is 4.14. The van der Waals surface area contributed by atoms with E-state index in [2.05, 4.69) is 0 Å². The fourth-order valence-electron chi connectivity index (χ4n) is 1.83. The maximum atomic E-state index is 13.1. The Kier molecular flexibility index (Phi) is 4.11. The molecule has 2 rings (SSSR count). The van der Waals surface area contributed by atoms with Gasteiger partial charge in [0.1, 0.15) is 17.6 Å².